The first kappa shape index (κ1) is 13.8. The normalized spacial score (nSPS) is 32.6. The lowest BCUT2D eigenvalue weighted by atomic mass is 9.92. The standard InChI is InChI=1S/C13H23NO4/c1-9(15)10-4-6-14(7-5-10)8-11-2-3-12(18-11)13(16)17/h9-12,15H,2-8H2,1H3,(H,16,17). The maximum atomic E-state index is 10.8. The van der Waals surface area contributed by atoms with Gasteiger partial charge in [0.05, 0.1) is 12.2 Å². The van der Waals surface area contributed by atoms with Gasteiger partial charge in [-0.25, -0.2) is 4.79 Å². The number of carboxylic acids is 1. The van der Waals surface area contributed by atoms with Crippen LogP contribution in [0.15, 0.2) is 0 Å². The highest BCUT2D eigenvalue weighted by Crippen LogP contribution is 2.24. The Morgan fingerprint density at radius 1 is 1.33 bits per heavy atom. The number of aliphatic carboxylic acids is 1. The fourth-order valence-electron chi connectivity index (χ4n) is 2.93. The van der Waals surface area contributed by atoms with Gasteiger partial charge in [0.25, 0.3) is 0 Å². The van der Waals surface area contributed by atoms with Crippen LogP contribution in [0, 0.1) is 5.92 Å². The van der Waals surface area contributed by atoms with Crippen LogP contribution in [-0.2, 0) is 9.53 Å². The summed E-state index contributed by atoms with van der Waals surface area (Å²) in [6, 6.07) is 0. The molecule has 5 heteroatoms. The van der Waals surface area contributed by atoms with Crippen LogP contribution in [0.2, 0.25) is 0 Å². The predicted octanol–water partition coefficient (Wildman–Crippen LogP) is 0.711. The lowest BCUT2D eigenvalue weighted by molar-refractivity contribution is -0.149. The molecule has 104 valence electrons. The molecule has 0 aromatic rings. The van der Waals surface area contributed by atoms with Gasteiger partial charge >= 0.3 is 5.97 Å². The van der Waals surface area contributed by atoms with Gasteiger partial charge in [0.2, 0.25) is 0 Å². The van der Waals surface area contributed by atoms with E-state index in [1.54, 1.807) is 0 Å². The monoisotopic (exact) mass is 257 g/mol. The molecule has 0 bridgehead atoms. The summed E-state index contributed by atoms with van der Waals surface area (Å²) in [7, 11) is 0. The summed E-state index contributed by atoms with van der Waals surface area (Å²) in [5, 5.41) is 18.4. The number of ether oxygens (including phenoxy) is 1. The number of piperidine rings is 1. The van der Waals surface area contributed by atoms with Crippen LogP contribution in [0.5, 0.6) is 0 Å². The molecule has 2 aliphatic rings. The molecule has 2 fully saturated rings. The Labute approximate surface area is 108 Å². The van der Waals surface area contributed by atoms with Crippen molar-refractivity contribution in [1.29, 1.82) is 0 Å². The van der Waals surface area contributed by atoms with Crippen LogP contribution < -0.4 is 0 Å². The van der Waals surface area contributed by atoms with Crippen molar-refractivity contribution >= 4 is 5.97 Å². The molecule has 0 spiro atoms. The molecule has 2 heterocycles. The van der Waals surface area contributed by atoms with E-state index >= 15 is 0 Å². The van der Waals surface area contributed by atoms with Crippen molar-refractivity contribution in [2.24, 2.45) is 5.92 Å². The molecule has 3 unspecified atom stereocenters. The molecule has 3 atom stereocenters. The second-order valence-electron chi connectivity index (χ2n) is 5.54. The third-order valence-electron chi connectivity index (χ3n) is 4.16. The first-order valence-electron chi connectivity index (χ1n) is 6.85. The Balaban J connectivity index is 1.71. The minimum Gasteiger partial charge on any atom is -0.479 e. The van der Waals surface area contributed by atoms with Crippen molar-refractivity contribution in [2.45, 2.75) is 50.9 Å². The third kappa shape index (κ3) is 3.43. The second-order valence-corrected chi connectivity index (χ2v) is 5.54. The molecule has 5 nitrogen and oxygen atoms in total. The number of carboxylic acid groups (broad SMARTS) is 1. The Bertz CT molecular complexity index is 287. The zero-order chi connectivity index (χ0) is 13.1. The van der Waals surface area contributed by atoms with E-state index in [-0.39, 0.29) is 12.2 Å². The number of aliphatic hydroxyl groups excluding tert-OH is 1. The SMILES string of the molecule is CC(O)C1CCN(CC2CCC(C(=O)O)O2)CC1. The van der Waals surface area contributed by atoms with E-state index in [0.29, 0.717) is 12.3 Å². The van der Waals surface area contributed by atoms with E-state index < -0.39 is 12.1 Å². The zero-order valence-corrected chi connectivity index (χ0v) is 10.9. The fourth-order valence-corrected chi connectivity index (χ4v) is 2.93. The van der Waals surface area contributed by atoms with Crippen molar-refractivity contribution in [1.82, 2.24) is 4.90 Å². The highest BCUT2D eigenvalue weighted by molar-refractivity contribution is 5.72. The molecule has 2 aliphatic heterocycles. The molecule has 0 aromatic carbocycles. The summed E-state index contributed by atoms with van der Waals surface area (Å²) in [6.45, 7) is 4.65. The van der Waals surface area contributed by atoms with Crippen molar-refractivity contribution in [3.8, 4) is 0 Å². The molecule has 2 rings (SSSR count). The molecule has 2 saturated heterocycles. The summed E-state index contributed by atoms with van der Waals surface area (Å²) in [4.78, 5) is 13.1. The Hall–Kier alpha value is -0.650. The molecular weight excluding hydrogens is 234 g/mol. The number of carbonyl (C=O) groups is 1. The van der Waals surface area contributed by atoms with Gasteiger partial charge < -0.3 is 19.8 Å². The van der Waals surface area contributed by atoms with Gasteiger partial charge in [0, 0.05) is 6.54 Å². The van der Waals surface area contributed by atoms with Crippen LogP contribution in [-0.4, -0.2) is 59.0 Å². The van der Waals surface area contributed by atoms with Gasteiger partial charge in [-0.15, -0.1) is 0 Å². The molecule has 0 aliphatic carbocycles. The van der Waals surface area contributed by atoms with Gasteiger partial charge in [-0.3, -0.25) is 0 Å². The van der Waals surface area contributed by atoms with Crippen LogP contribution in [0.4, 0.5) is 0 Å². The minimum atomic E-state index is -0.842. The van der Waals surface area contributed by atoms with Crippen LogP contribution in [0.25, 0.3) is 0 Å². The Morgan fingerprint density at radius 3 is 2.50 bits per heavy atom. The quantitative estimate of drug-likeness (QED) is 0.776. The third-order valence-corrected chi connectivity index (χ3v) is 4.16. The summed E-state index contributed by atoms with van der Waals surface area (Å²) in [5.41, 5.74) is 0. The lowest BCUT2D eigenvalue weighted by Gasteiger charge is -2.34. The van der Waals surface area contributed by atoms with Crippen molar-refractivity contribution in [2.75, 3.05) is 19.6 Å². The highest BCUT2D eigenvalue weighted by Gasteiger charge is 2.32. The molecule has 0 saturated carbocycles. The summed E-state index contributed by atoms with van der Waals surface area (Å²) >= 11 is 0. The van der Waals surface area contributed by atoms with E-state index in [1.807, 2.05) is 6.92 Å². The van der Waals surface area contributed by atoms with Gasteiger partial charge in [-0.2, -0.15) is 0 Å². The molecule has 2 N–H and O–H groups in total. The van der Waals surface area contributed by atoms with Crippen molar-refractivity contribution in [3.05, 3.63) is 0 Å². The van der Waals surface area contributed by atoms with Crippen LogP contribution in [0.1, 0.15) is 32.6 Å². The Morgan fingerprint density at radius 2 is 2.00 bits per heavy atom. The summed E-state index contributed by atoms with van der Waals surface area (Å²) in [6.07, 6.45) is 2.75. The Kier molecular flexibility index (Phi) is 4.59. The first-order chi connectivity index (χ1) is 8.56. The van der Waals surface area contributed by atoms with Gasteiger partial charge in [-0.05, 0) is 51.6 Å². The first-order valence-corrected chi connectivity index (χ1v) is 6.85. The maximum Gasteiger partial charge on any atom is 0.332 e. The topological polar surface area (TPSA) is 70.0 Å². The molecule has 0 amide bonds. The molecule has 18 heavy (non-hydrogen) atoms. The molecular formula is C13H23NO4. The smallest absolute Gasteiger partial charge is 0.332 e. The van der Waals surface area contributed by atoms with Crippen LogP contribution in [0.3, 0.4) is 0 Å². The van der Waals surface area contributed by atoms with E-state index in [0.717, 1.165) is 38.9 Å². The molecule has 0 radical (unpaired) electrons. The van der Waals surface area contributed by atoms with Crippen molar-refractivity contribution in [3.63, 3.8) is 0 Å². The average molecular weight is 257 g/mol. The van der Waals surface area contributed by atoms with E-state index in [1.165, 1.54) is 0 Å². The summed E-state index contributed by atoms with van der Waals surface area (Å²) < 4.78 is 5.51. The average Bonchev–Trinajstić information content (AvgIpc) is 2.78. The number of likely N-dealkylation sites (tertiary alicyclic amines) is 1. The number of rotatable bonds is 4. The summed E-state index contributed by atoms with van der Waals surface area (Å²) in [5.74, 6) is -0.428. The predicted molar refractivity (Wildman–Crippen MR) is 66.4 cm³/mol. The molecule has 0 aromatic heterocycles. The van der Waals surface area contributed by atoms with E-state index in [9.17, 15) is 9.90 Å². The van der Waals surface area contributed by atoms with Gasteiger partial charge in [-0.1, -0.05) is 0 Å². The largest absolute Gasteiger partial charge is 0.479 e. The number of hydrogen-bond donors (Lipinski definition) is 2. The van der Waals surface area contributed by atoms with Gasteiger partial charge in [0.15, 0.2) is 6.10 Å². The number of nitrogens with zero attached hydrogens (tertiary/aromatic N) is 1. The zero-order valence-electron chi connectivity index (χ0n) is 10.9. The van der Waals surface area contributed by atoms with Crippen molar-refractivity contribution < 1.29 is 19.7 Å². The highest BCUT2D eigenvalue weighted by atomic mass is 16.5. The van der Waals surface area contributed by atoms with Gasteiger partial charge in [0.1, 0.15) is 0 Å². The van der Waals surface area contributed by atoms with Crippen LogP contribution >= 0.6 is 0 Å². The fraction of sp³-hybridized carbons (Fsp3) is 0.923. The number of hydrogen-bond acceptors (Lipinski definition) is 4. The maximum absolute atomic E-state index is 10.8. The minimum absolute atomic E-state index is 0.0641. The second kappa shape index (κ2) is 5.99. The lowest BCUT2D eigenvalue weighted by Crippen LogP contribution is -2.41. The van der Waals surface area contributed by atoms with E-state index in [4.69, 9.17) is 9.84 Å². The van der Waals surface area contributed by atoms with E-state index in [2.05, 4.69) is 4.90 Å². The number of aliphatic hydroxyl groups is 1.